The van der Waals surface area contributed by atoms with Gasteiger partial charge in [-0.25, -0.2) is 9.18 Å². The molecule has 2 aromatic carbocycles. The minimum Gasteiger partial charge on any atom is -0.465 e. The molecule has 2 aliphatic rings. The first kappa shape index (κ1) is 26.3. The third kappa shape index (κ3) is 4.49. The Bertz CT molecular complexity index is 1640. The zero-order valence-electron chi connectivity index (χ0n) is 23.5. The molecule has 1 aliphatic carbocycles. The summed E-state index contributed by atoms with van der Waals surface area (Å²) in [6.45, 7) is 8.93. The number of hydrogen-bond donors (Lipinski definition) is 0. The maximum Gasteiger partial charge on any atom is 0.410 e. The Morgan fingerprint density at radius 3 is 2.58 bits per heavy atom. The van der Waals surface area contributed by atoms with Crippen LogP contribution in [0.3, 0.4) is 0 Å². The van der Waals surface area contributed by atoms with E-state index in [-0.39, 0.29) is 42.4 Å². The van der Waals surface area contributed by atoms with Gasteiger partial charge in [0.2, 0.25) is 0 Å². The van der Waals surface area contributed by atoms with Crippen molar-refractivity contribution in [2.75, 3.05) is 19.7 Å². The number of aromatic nitrogens is 4. The van der Waals surface area contributed by atoms with Gasteiger partial charge in [0.1, 0.15) is 18.0 Å². The molecule has 3 heterocycles. The summed E-state index contributed by atoms with van der Waals surface area (Å²) in [5.41, 5.74) is 3.13. The number of esters is 1. The standard InChI is InChI=1S/C30H34FN5O4/c1-6-39-25(37)15-36-23-9-7-8-20(21-11-24-18(10-22(21)31)14-32-34(24)5)26(23)27(33-36)19-12-30(13-19)16-35(17-30)28(38)40-29(2,3)4/h7-11,14,19H,6,12-13,15-17H2,1-5H3. The molecule has 210 valence electrons. The Hall–Kier alpha value is -3.95. The van der Waals surface area contributed by atoms with Gasteiger partial charge in [-0.15, -0.1) is 0 Å². The van der Waals surface area contributed by atoms with Crippen molar-refractivity contribution in [1.29, 1.82) is 0 Å². The predicted octanol–water partition coefficient (Wildman–Crippen LogP) is 5.41. The van der Waals surface area contributed by atoms with Crippen LogP contribution in [0.25, 0.3) is 32.9 Å². The first-order valence-electron chi connectivity index (χ1n) is 13.7. The minimum absolute atomic E-state index is 0.0265. The number of amides is 1. The Labute approximate surface area is 231 Å². The molecule has 10 heteroatoms. The number of likely N-dealkylation sites (tertiary alicyclic amines) is 1. The van der Waals surface area contributed by atoms with Gasteiger partial charge in [-0.1, -0.05) is 12.1 Å². The van der Waals surface area contributed by atoms with Crippen molar-refractivity contribution in [1.82, 2.24) is 24.5 Å². The molecule has 9 nitrogen and oxygen atoms in total. The highest BCUT2D eigenvalue weighted by Gasteiger charge is 2.55. The zero-order valence-corrected chi connectivity index (χ0v) is 23.5. The van der Waals surface area contributed by atoms with E-state index in [0.29, 0.717) is 18.7 Å². The third-order valence-corrected chi connectivity index (χ3v) is 7.96. The number of carbonyl (C=O) groups excluding carboxylic acids is 2. The van der Waals surface area contributed by atoms with Crippen molar-refractivity contribution in [2.45, 2.75) is 58.6 Å². The van der Waals surface area contributed by atoms with Gasteiger partial charge in [-0.2, -0.15) is 10.2 Å². The van der Waals surface area contributed by atoms with Crippen LogP contribution in [0.2, 0.25) is 0 Å². The van der Waals surface area contributed by atoms with Crippen LogP contribution in [0.5, 0.6) is 0 Å². The number of rotatable bonds is 5. The highest BCUT2D eigenvalue weighted by Crippen LogP contribution is 2.57. The SMILES string of the molecule is CCOC(=O)Cn1nc(C2CC3(C2)CN(C(=O)OC(C)(C)C)C3)c2c(-c3cc4c(cnn4C)cc3F)cccc21. The van der Waals surface area contributed by atoms with Gasteiger partial charge in [-0.3, -0.25) is 14.2 Å². The van der Waals surface area contributed by atoms with Crippen LogP contribution in [0.15, 0.2) is 36.5 Å². The van der Waals surface area contributed by atoms with E-state index in [2.05, 4.69) is 5.10 Å². The zero-order chi connectivity index (χ0) is 28.4. The third-order valence-electron chi connectivity index (χ3n) is 7.96. The second-order valence-corrected chi connectivity index (χ2v) is 12.1. The van der Waals surface area contributed by atoms with Gasteiger partial charge in [-0.05, 0) is 64.3 Å². The second-order valence-electron chi connectivity index (χ2n) is 12.1. The van der Waals surface area contributed by atoms with Crippen molar-refractivity contribution in [3.05, 3.63) is 48.0 Å². The first-order valence-corrected chi connectivity index (χ1v) is 13.7. The Kier molecular flexibility index (Phi) is 6.12. The fourth-order valence-corrected chi connectivity index (χ4v) is 6.25. The molecule has 6 rings (SSSR count). The van der Waals surface area contributed by atoms with E-state index in [9.17, 15) is 9.59 Å². The number of halogens is 1. The molecular formula is C30H34FN5O4. The second kappa shape index (κ2) is 9.31. The highest BCUT2D eigenvalue weighted by atomic mass is 19.1. The summed E-state index contributed by atoms with van der Waals surface area (Å²) < 4.78 is 29.7. The molecule has 1 amide bonds. The molecule has 0 atom stereocenters. The van der Waals surface area contributed by atoms with Crippen molar-refractivity contribution in [3.63, 3.8) is 0 Å². The normalized spacial score (nSPS) is 16.8. The molecular weight excluding hydrogens is 513 g/mol. The Morgan fingerprint density at radius 2 is 1.88 bits per heavy atom. The fraction of sp³-hybridized carbons (Fsp3) is 0.467. The summed E-state index contributed by atoms with van der Waals surface area (Å²) in [6.07, 6.45) is 3.08. The Morgan fingerprint density at radius 1 is 1.12 bits per heavy atom. The maximum atomic E-state index is 15.5. The largest absolute Gasteiger partial charge is 0.465 e. The summed E-state index contributed by atoms with van der Waals surface area (Å²) in [5.74, 6) is -0.589. The summed E-state index contributed by atoms with van der Waals surface area (Å²) in [4.78, 5) is 26.7. The van der Waals surface area contributed by atoms with Crippen LogP contribution in [-0.2, 0) is 27.9 Å². The molecule has 1 saturated carbocycles. The van der Waals surface area contributed by atoms with E-state index >= 15 is 4.39 Å². The van der Waals surface area contributed by atoms with Crippen molar-refractivity contribution >= 4 is 33.9 Å². The highest BCUT2D eigenvalue weighted by molar-refractivity contribution is 5.99. The number of hydrogen-bond acceptors (Lipinski definition) is 6. The number of ether oxygens (including phenoxy) is 2. The molecule has 2 aromatic heterocycles. The Balaban J connectivity index is 1.36. The first-order chi connectivity index (χ1) is 19.0. The number of carbonyl (C=O) groups is 2. The molecule has 1 spiro atoms. The molecule has 2 fully saturated rings. The smallest absolute Gasteiger partial charge is 0.410 e. The number of nitrogens with zero attached hydrogens (tertiary/aromatic N) is 5. The van der Waals surface area contributed by atoms with E-state index in [0.717, 1.165) is 45.9 Å². The van der Waals surface area contributed by atoms with E-state index < -0.39 is 5.60 Å². The van der Waals surface area contributed by atoms with E-state index in [1.165, 1.54) is 6.07 Å². The molecule has 40 heavy (non-hydrogen) atoms. The van der Waals surface area contributed by atoms with Gasteiger partial charge < -0.3 is 14.4 Å². The summed E-state index contributed by atoms with van der Waals surface area (Å²) >= 11 is 0. The van der Waals surface area contributed by atoms with Crippen LogP contribution in [0, 0.1) is 11.2 Å². The maximum absolute atomic E-state index is 15.5. The van der Waals surface area contributed by atoms with Gasteiger partial charge >= 0.3 is 12.1 Å². The molecule has 4 aromatic rings. The van der Waals surface area contributed by atoms with E-state index in [4.69, 9.17) is 14.6 Å². The van der Waals surface area contributed by atoms with Crippen molar-refractivity contribution in [3.8, 4) is 11.1 Å². The van der Waals surface area contributed by atoms with Crippen LogP contribution in [0.1, 0.15) is 52.1 Å². The molecule has 0 N–H and O–H groups in total. The lowest BCUT2D eigenvalue weighted by atomic mass is 9.56. The number of aryl methyl sites for hydroxylation is 1. The average Bonchev–Trinajstić information content (AvgIpc) is 3.36. The number of benzene rings is 2. The van der Waals surface area contributed by atoms with Gasteiger partial charge in [0.05, 0.1) is 29.5 Å². The van der Waals surface area contributed by atoms with Gasteiger partial charge in [0.25, 0.3) is 0 Å². The summed E-state index contributed by atoms with van der Waals surface area (Å²) in [7, 11) is 1.83. The van der Waals surface area contributed by atoms with Crippen LogP contribution in [-0.4, -0.2) is 61.8 Å². The van der Waals surface area contributed by atoms with Crippen LogP contribution in [0.4, 0.5) is 9.18 Å². The lowest BCUT2D eigenvalue weighted by molar-refractivity contribution is -0.143. The molecule has 1 aliphatic heterocycles. The monoisotopic (exact) mass is 547 g/mol. The minimum atomic E-state index is -0.531. The summed E-state index contributed by atoms with van der Waals surface area (Å²) in [6, 6.07) is 9.02. The average molecular weight is 548 g/mol. The lowest BCUT2D eigenvalue weighted by Gasteiger charge is -2.58. The topological polar surface area (TPSA) is 91.5 Å². The quantitative estimate of drug-likeness (QED) is 0.311. The molecule has 1 saturated heterocycles. The van der Waals surface area contributed by atoms with E-state index in [1.54, 1.807) is 27.4 Å². The molecule has 0 unspecified atom stereocenters. The van der Waals surface area contributed by atoms with Gasteiger partial charge in [0, 0.05) is 47.8 Å². The lowest BCUT2D eigenvalue weighted by Crippen LogP contribution is -2.63. The summed E-state index contributed by atoms with van der Waals surface area (Å²) in [5, 5.41) is 10.8. The van der Waals surface area contributed by atoms with Crippen molar-refractivity contribution < 1.29 is 23.5 Å². The fourth-order valence-electron chi connectivity index (χ4n) is 6.25. The van der Waals surface area contributed by atoms with Crippen molar-refractivity contribution in [2.24, 2.45) is 12.5 Å². The van der Waals surface area contributed by atoms with E-state index in [1.807, 2.05) is 52.1 Å². The molecule has 0 bridgehead atoms. The van der Waals surface area contributed by atoms with Crippen LogP contribution < -0.4 is 0 Å². The van der Waals surface area contributed by atoms with Crippen LogP contribution >= 0.6 is 0 Å². The predicted molar refractivity (Wildman–Crippen MR) is 148 cm³/mol. The molecule has 0 radical (unpaired) electrons. The number of fused-ring (bicyclic) bond motifs is 2. The van der Waals surface area contributed by atoms with Gasteiger partial charge in [0.15, 0.2) is 0 Å².